The van der Waals surface area contributed by atoms with E-state index < -0.39 is 11.8 Å². The first-order valence-corrected chi connectivity index (χ1v) is 12.2. The van der Waals surface area contributed by atoms with Gasteiger partial charge in [-0.05, 0) is 57.5 Å². The predicted molar refractivity (Wildman–Crippen MR) is 139 cm³/mol. The van der Waals surface area contributed by atoms with Crippen molar-refractivity contribution in [2.45, 2.75) is 71.7 Å². The summed E-state index contributed by atoms with van der Waals surface area (Å²) < 4.78 is 0. The van der Waals surface area contributed by atoms with Crippen molar-refractivity contribution in [1.82, 2.24) is 25.3 Å². The Hall–Kier alpha value is -3.56. The Morgan fingerprint density at radius 1 is 1.14 bits per heavy atom. The highest BCUT2D eigenvalue weighted by Gasteiger charge is 2.41. The zero-order valence-electron chi connectivity index (χ0n) is 21.8. The van der Waals surface area contributed by atoms with E-state index in [2.05, 4.69) is 36.4 Å². The maximum atomic E-state index is 12.5. The molecular formula is C27H33N7O2. The molecule has 0 saturated carbocycles. The quantitative estimate of drug-likeness (QED) is 0.488. The zero-order valence-corrected chi connectivity index (χ0v) is 21.8. The summed E-state index contributed by atoms with van der Waals surface area (Å²) in [6.07, 6.45) is 0.738. The Balaban J connectivity index is 1.54. The molecule has 188 valence electrons. The number of aromatic nitrogens is 3. The van der Waals surface area contributed by atoms with E-state index in [1.165, 1.54) is 0 Å². The Morgan fingerprint density at radius 3 is 2.58 bits per heavy atom. The predicted octanol–water partition coefficient (Wildman–Crippen LogP) is 4.66. The molecule has 2 aromatic heterocycles. The molecule has 0 radical (unpaired) electrons. The van der Waals surface area contributed by atoms with Crippen molar-refractivity contribution >= 4 is 29.2 Å². The number of rotatable bonds is 4. The Bertz CT molecular complexity index is 1350. The molecule has 2 aliphatic heterocycles. The van der Waals surface area contributed by atoms with Crippen molar-refractivity contribution in [3.05, 3.63) is 65.0 Å². The number of anilines is 4. The number of hydrogen-bond donors (Lipinski definition) is 3. The molecule has 2 aliphatic rings. The van der Waals surface area contributed by atoms with E-state index in [1.54, 1.807) is 6.20 Å². The number of hydrogen-bond acceptors (Lipinski definition) is 8. The van der Waals surface area contributed by atoms with Crippen LogP contribution >= 0.6 is 0 Å². The minimum absolute atomic E-state index is 0.0238. The molecule has 0 aliphatic carbocycles. The molecule has 3 aromatic rings. The second kappa shape index (κ2) is 8.25. The van der Waals surface area contributed by atoms with Crippen LogP contribution in [-0.2, 0) is 11.0 Å². The smallest absolute Gasteiger partial charge is 0.252 e. The molecule has 3 N–H and O–H groups in total. The van der Waals surface area contributed by atoms with E-state index in [0.29, 0.717) is 34.4 Å². The Labute approximate surface area is 211 Å². The molecule has 1 atom stereocenters. The van der Waals surface area contributed by atoms with Crippen LogP contribution in [0.1, 0.15) is 81.9 Å². The van der Waals surface area contributed by atoms with E-state index in [0.717, 1.165) is 11.3 Å². The van der Waals surface area contributed by atoms with E-state index in [1.807, 2.05) is 74.1 Å². The molecule has 1 amide bonds. The average molecular weight is 488 g/mol. The summed E-state index contributed by atoms with van der Waals surface area (Å²) in [7, 11) is 0. The maximum Gasteiger partial charge on any atom is 0.252 e. The second-order valence-electron chi connectivity index (χ2n) is 11.2. The number of carbonyl (C=O) groups excluding carboxylic acids is 1. The van der Waals surface area contributed by atoms with Crippen LogP contribution < -0.4 is 15.6 Å². The van der Waals surface area contributed by atoms with Gasteiger partial charge in [0.25, 0.3) is 5.91 Å². The summed E-state index contributed by atoms with van der Waals surface area (Å²) in [5.41, 5.74) is 3.32. The molecule has 1 aromatic carbocycles. The van der Waals surface area contributed by atoms with Gasteiger partial charge in [-0.3, -0.25) is 4.79 Å². The molecule has 0 saturated heterocycles. The Kier molecular flexibility index (Phi) is 5.53. The van der Waals surface area contributed by atoms with Crippen molar-refractivity contribution in [3.63, 3.8) is 0 Å². The number of pyridine rings is 1. The number of aliphatic hydroxyl groups excluding tert-OH is 1. The second-order valence-corrected chi connectivity index (χ2v) is 11.2. The van der Waals surface area contributed by atoms with Gasteiger partial charge >= 0.3 is 0 Å². The molecule has 5 rings (SSSR count). The third-order valence-corrected chi connectivity index (χ3v) is 6.62. The molecular weight excluding hydrogens is 454 g/mol. The number of nitrogens with zero attached hydrogens (tertiary/aromatic N) is 5. The highest BCUT2D eigenvalue weighted by Crippen LogP contribution is 2.43. The van der Waals surface area contributed by atoms with Crippen molar-refractivity contribution < 1.29 is 9.90 Å². The summed E-state index contributed by atoms with van der Waals surface area (Å²) >= 11 is 0. The third-order valence-electron chi connectivity index (χ3n) is 6.62. The molecule has 9 heteroatoms. The van der Waals surface area contributed by atoms with Gasteiger partial charge in [-0.1, -0.05) is 32.9 Å². The van der Waals surface area contributed by atoms with E-state index in [-0.39, 0.29) is 17.4 Å². The SMILES string of the molecule is CC(C)N1C(O)c2cnc(Nc3ccc4c(c3)C(=O)NC4(C)C)nc2N1c1cccc(C(C)(C)C)n1. The highest BCUT2D eigenvalue weighted by atomic mass is 16.3. The number of nitrogens with one attached hydrogen (secondary N) is 2. The number of amides is 1. The number of benzene rings is 1. The zero-order chi connectivity index (χ0) is 26.0. The molecule has 4 heterocycles. The summed E-state index contributed by atoms with van der Waals surface area (Å²) in [4.78, 5) is 26.6. The third kappa shape index (κ3) is 3.98. The molecule has 1 unspecified atom stereocenters. The average Bonchev–Trinajstić information content (AvgIpc) is 3.22. The van der Waals surface area contributed by atoms with E-state index in [4.69, 9.17) is 9.97 Å². The fourth-order valence-corrected chi connectivity index (χ4v) is 4.76. The summed E-state index contributed by atoms with van der Waals surface area (Å²) in [5.74, 6) is 1.50. The van der Waals surface area contributed by atoms with Crippen LogP contribution in [0, 0.1) is 0 Å². The minimum atomic E-state index is -0.903. The number of hydrazine groups is 1. The standard InChI is InChI=1S/C27H33N7O2/c1-15(2)33-24(36)18-14-28-25(29-16-11-12-19-17(13-16)23(35)32-27(19,6)7)31-22(18)34(33)21-10-8-9-20(30-21)26(3,4)5/h8-15,24,36H,1-7H3,(H,32,35)(H,28,29,31). The van der Waals surface area contributed by atoms with Gasteiger partial charge in [0.15, 0.2) is 12.0 Å². The monoisotopic (exact) mass is 487 g/mol. The highest BCUT2D eigenvalue weighted by molar-refractivity contribution is 6.00. The van der Waals surface area contributed by atoms with Gasteiger partial charge in [-0.15, -0.1) is 0 Å². The van der Waals surface area contributed by atoms with Crippen LogP contribution in [0.15, 0.2) is 42.6 Å². The lowest BCUT2D eigenvalue weighted by atomic mass is 9.92. The molecule has 9 nitrogen and oxygen atoms in total. The first-order chi connectivity index (χ1) is 16.9. The molecule has 36 heavy (non-hydrogen) atoms. The first kappa shape index (κ1) is 24.1. The van der Waals surface area contributed by atoms with Crippen molar-refractivity contribution in [2.24, 2.45) is 0 Å². The van der Waals surface area contributed by atoms with Crippen LogP contribution in [0.25, 0.3) is 0 Å². The molecule has 0 spiro atoms. The van der Waals surface area contributed by atoms with Gasteiger partial charge < -0.3 is 15.7 Å². The molecule has 0 bridgehead atoms. The fourth-order valence-electron chi connectivity index (χ4n) is 4.76. The van der Waals surface area contributed by atoms with Crippen LogP contribution in [-0.4, -0.2) is 37.0 Å². The van der Waals surface area contributed by atoms with Gasteiger partial charge in [-0.25, -0.2) is 15.0 Å². The first-order valence-electron chi connectivity index (χ1n) is 12.2. The van der Waals surface area contributed by atoms with Gasteiger partial charge in [0.1, 0.15) is 5.82 Å². The topological polar surface area (TPSA) is 107 Å². The van der Waals surface area contributed by atoms with Gasteiger partial charge in [0, 0.05) is 34.6 Å². The summed E-state index contributed by atoms with van der Waals surface area (Å²) in [6, 6.07) is 11.6. The minimum Gasteiger partial charge on any atom is -0.372 e. The van der Waals surface area contributed by atoms with Crippen molar-refractivity contribution in [3.8, 4) is 0 Å². The fraction of sp³-hybridized carbons (Fsp3) is 0.407. The maximum absolute atomic E-state index is 12.5. The lowest BCUT2D eigenvalue weighted by molar-refractivity contribution is -0.00464. The van der Waals surface area contributed by atoms with Crippen molar-refractivity contribution in [2.75, 3.05) is 10.3 Å². The van der Waals surface area contributed by atoms with Crippen molar-refractivity contribution in [1.29, 1.82) is 0 Å². The largest absolute Gasteiger partial charge is 0.372 e. The van der Waals surface area contributed by atoms with Gasteiger partial charge in [0.05, 0.1) is 11.1 Å². The van der Waals surface area contributed by atoms with Gasteiger partial charge in [-0.2, -0.15) is 9.99 Å². The van der Waals surface area contributed by atoms with E-state index in [9.17, 15) is 9.90 Å². The summed E-state index contributed by atoms with van der Waals surface area (Å²) in [6.45, 7) is 14.3. The van der Waals surface area contributed by atoms with Crippen LogP contribution in [0.5, 0.6) is 0 Å². The number of carbonyl (C=O) groups is 1. The van der Waals surface area contributed by atoms with Gasteiger partial charge in [0.2, 0.25) is 5.95 Å². The van der Waals surface area contributed by atoms with Crippen LogP contribution in [0.4, 0.5) is 23.3 Å². The Morgan fingerprint density at radius 2 is 1.89 bits per heavy atom. The lowest BCUT2D eigenvalue weighted by Gasteiger charge is -2.34. The van der Waals surface area contributed by atoms with Crippen LogP contribution in [0.3, 0.4) is 0 Å². The van der Waals surface area contributed by atoms with E-state index >= 15 is 0 Å². The summed E-state index contributed by atoms with van der Waals surface area (Å²) in [5, 5.41) is 21.1. The normalized spacial score (nSPS) is 18.9. The lowest BCUT2D eigenvalue weighted by Crippen LogP contribution is -2.42. The van der Waals surface area contributed by atoms with Crippen LogP contribution in [0.2, 0.25) is 0 Å². The molecule has 0 fully saturated rings. The number of aliphatic hydroxyl groups is 1. The number of fused-ring (bicyclic) bond motifs is 2.